The Labute approximate surface area is 473 Å². The molecule has 0 atom stereocenters. The molecule has 17 rings (SSSR count). The first-order valence-electron chi connectivity index (χ1n) is 28.2. The summed E-state index contributed by atoms with van der Waals surface area (Å²) in [7, 11) is 0. The molecule has 0 fully saturated rings. The van der Waals surface area contributed by atoms with Crippen molar-refractivity contribution in [3.05, 3.63) is 291 Å². The average molecular weight is 1040 g/mol. The van der Waals surface area contributed by atoms with Crippen LogP contribution >= 0.6 is 0 Å². The molecule has 2 heterocycles. The van der Waals surface area contributed by atoms with Gasteiger partial charge in [-0.1, -0.05) is 261 Å². The van der Waals surface area contributed by atoms with E-state index < -0.39 is 0 Å². The van der Waals surface area contributed by atoms with E-state index in [1.54, 1.807) is 0 Å². The van der Waals surface area contributed by atoms with Crippen molar-refractivity contribution in [1.82, 2.24) is 0 Å². The zero-order valence-electron chi connectivity index (χ0n) is 44.5. The molecule has 0 radical (unpaired) electrons. The van der Waals surface area contributed by atoms with Gasteiger partial charge < -0.3 is 8.83 Å². The smallest absolute Gasteiger partial charge is 0.143 e. The van der Waals surface area contributed by atoms with E-state index in [1.165, 1.54) is 115 Å². The van der Waals surface area contributed by atoms with Crippen molar-refractivity contribution in [1.29, 1.82) is 0 Å². The highest BCUT2D eigenvalue weighted by atomic mass is 16.3. The molecule has 0 aliphatic carbocycles. The standard InChI is InChI=1S/C80H48O2/c1-2-19-49(20-3-1)55-21-4-5-23-60(55)79-67-30-12-10-28-65(67)78(66-29-11-13-31-68(66)79)53-44-46-75-72(48-53)70-37-18-36-69(80(70)82-75)58-35-17-33-56-54(32-16-34-57(56)58)50-39-41-51(42-40-50)76-61-24-6-8-26-63(61)77(64-27-9-7-25-62(64)76)52-43-45-74-71(47-52)59-22-14-15-38-73(59)81-74/h1-48H. The van der Waals surface area contributed by atoms with Crippen LogP contribution in [0.4, 0.5) is 0 Å². The summed E-state index contributed by atoms with van der Waals surface area (Å²) in [5.41, 5.74) is 20.3. The second kappa shape index (κ2) is 18.4. The molecule has 0 unspecified atom stereocenters. The van der Waals surface area contributed by atoms with Crippen LogP contribution in [-0.4, -0.2) is 0 Å². The number of furan rings is 2. The van der Waals surface area contributed by atoms with Crippen molar-refractivity contribution in [2.75, 3.05) is 0 Å². The van der Waals surface area contributed by atoms with E-state index in [-0.39, 0.29) is 0 Å². The number of benzene rings is 15. The molecule has 15 aromatic carbocycles. The summed E-state index contributed by atoms with van der Waals surface area (Å²) in [6, 6.07) is 106. The van der Waals surface area contributed by atoms with Crippen molar-refractivity contribution in [3.63, 3.8) is 0 Å². The third-order valence-electron chi connectivity index (χ3n) is 17.3. The van der Waals surface area contributed by atoms with Crippen LogP contribution in [0, 0.1) is 0 Å². The van der Waals surface area contributed by atoms with E-state index in [1.807, 2.05) is 12.1 Å². The van der Waals surface area contributed by atoms with E-state index in [0.717, 1.165) is 60.6 Å². The molecule has 0 aliphatic rings. The molecule has 0 saturated carbocycles. The number of fused-ring (bicyclic) bond motifs is 11. The highest BCUT2D eigenvalue weighted by Gasteiger charge is 2.23. The number of rotatable bonds is 7. The fourth-order valence-electron chi connectivity index (χ4n) is 13.7. The van der Waals surface area contributed by atoms with Crippen molar-refractivity contribution in [3.8, 4) is 77.9 Å². The molecule has 17 aromatic rings. The third-order valence-corrected chi connectivity index (χ3v) is 17.3. The van der Waals surface area contributed by atoms with Gasteiger partial charge in [0.15, 0.2) is 0 Å². The Hall–Kier alpha value is -10.8. The lowest BCUT2D eigenvalue weighted by atomic mass is 9.83. The fourth-order valence-corrected chi connectivity index (χ4v) is 13.7. The van der Waals surface area contributed by atoms with E-state index in [0.29, 0.717) is 0 Å². The number of hydrogen-bond acceptors (Lipinski definition) is 2. The molecule has 0 saturated heterocycles. The van der Waals surface area contributed by atoms with E-state index >= 15 is 0 Å². The summed E-state index contributed by atoms with van der Waals surface area (Å²) in [6.45, 7) is 0. The maximum atomic E-state index is 6.97. The van der Waals surface area contributed by atoms with Crippen LogP contribution in [-0.2, 0) is 0 Å². The van der Waals surface area contributed by atoms with Gasteiger partial charge in [-0.05, 0) is 157 Å². The highest BCUT2D eigenvalue weighted by Crippen LogP contribution is 2.49. The molecule has 0 bridgehead atoms. The topological polar surface area (TPSA) is 26.3 Å². The largest absolute Gasteiger partial charge is 0.456 e. The Morgan fingerprint density at radius 1 is 0.159 bits per heavy atom. The Bertz CT molecular complexity index is 5330. The van der Waals surface area contributed by atoms with Crippen molar-refractivity contribution >= 4 is 97.7 Å². The quantitative estimate of drug-likeness (QED) is 0.149. The van der Waals surface area contributed by atoms with Crippen LogP contribution < -0.4 is 0 Å². The van der Waals surface area contributed by atoms with Gasteiger partial charge in [0.05, 0.1) is 0 Å². The van der Waals surface area contributed by atoms with Crippen molar-refractivity contribution in [2.24, 2.45) is 0 Å². The Morgan fingerprint density at radius 3 is 1.10 bits per heavy atom. The monoisotopic (exact) mass is 1040 g/mol. The first-order chi connectivity index (χ1) is 40.7. The minimum absolute atomic E-state index is 0.869. The third kappa shape index (κ3) is 7.08. The zero-order valence-corrected chi connectivity index (χ0v) is 44.5. The molecule has 2 nitrogen and oxygen atoms in total. The van der Waals surface area contributed by atoms with Gasteiger partial charge in [0, 0.05) is 27.1 Å². The first kappa shape index (κ1) is 46.1. The van der Waals surface area contributed by atoms with Crippen molar-refractivity contribution in [2.45, 2.75) is 0 Å². The van der Waals surface area contributed by atoms with Gasteiger partial charge in [0.1, 0.15) is 22.3 Å². The predicted molar refractivity (Wildman–Crippen MR) is 347 cm³/mol. The maximum absolute atomic E-state index is 6.97. The number of para-hydroxylation sites is 2. The average Bonchev–Trinajstić information content (AvgIpc) is 2.28. The van der Waals surface area contributed by atoms with E-state index in [9.17, 15) is 0 Å². The summed E-state index contributed by atoms with van der Waals surface area (Å²) in [6.07, 6.45) is 0. The van der Waals surface area contributed by atoms with Crippen LogP contribution in [0.25, 0.3) is 176 Å². The molecule has 0 amide bonds. The van der Waals surface area contributed by atoms with Crippen LogP contribution in [0.5, 0.6) is 0 Å². The zero-order chi connectivity index (χ0) is 53.8. The Kier molecular flexibility index (Phi) is 10.3. The Balaban J connectivity index is 0.761. The molecule has 0 spiro atoms. The minimum atomic E-state index is 0.869. The van der Waals surface area contributed by atoms with E-state index in [2.05, 4.69) is 279 Å². The molecular formula is C80H48O2. The molecular weight excluding hydrogens is 993 g/mol. The molecule has 380 valence electrons. The molecule has 0 N–H and O–H groups in total. The predicted octanol–water partition coefficient (Wildman–Crippen LogP) is 22.9. The minimum Gasteiger partial charge on any atom is -0.456 e. The summed E-state index contributed by atoms with van der Waals surface area (Å²) in [4.78, 5) is 0. The van der Waals surface area contributed by atoms with Crippen LogP contribution in [0.15, 0.2) is 300 Å². The van der Waals surface area contributed by atoms with E-state index in [4.69, 9.17) is 8.83 Å². The van der Waals surface area contributed by atoms with Crippen LogP contribution in [0.2, 0.25) is 0 Å². The molecule has 2 heteroatoms. The van der Waals surface area contributed by atoms with Gasteiger partial charge in [0.2, 0.25) is 0 Å². The summed E-state index contributed by atoms with van der Waals surface area (Å²) in [5.74, 6) is 0. The summed E-state index contributed by atoms with van der Waals surface area (Å²) >= 11 is 0. The van der Waals surface area contributed by atoms with Gasteiger partial charge >= 0.3 is 0 Å². The van der Waals surface area contributed by atoms with Gasteiger partial charge in [-0.3, -0.25) is 0 Å². The second-order valence-corrected chi connectivity index (χ2v) is 21.7. The Morgan fingerprint density at radius 2 is 0.512 bits per heavy atom. The lowest BCUT2D eigenvalue weighted by molar-refractivity contribution is 0.669. The second-order valence-electron chi connectivity index (χ2n) is 21.7. The van der Waals surface area contributed by atoms with Crippen LogP contribution in [0.1, 0.15) is 0 Å². The summed E-state index contributed by atoms with van der Waals surface area (Å²) < 4.78 is 13.2. The SMILES string of the molecule is c1ccc(-c2ccccc2-c2c3ccccc3c(-c3ccc4oc5c(-c6cccc7c(-c8ccc(-c9c%10ccccc%10c(-c%10ccc%11oc%12ccccc%12c%11c%10)c%10ccccc9%10)cc8)cccc67)cccc5c4c3)c3ccccc23)cc1. The molecule has 82 heavy (non-hydrogen) atoms. The fraction of sp³-hybridized carbons (Fsp3) is 0. The van der Waals surface area contributed by atoms with Crippen LogP contribution in [0.3, 0.4) is 0 Å². The molecule has 2 aromatic heterocycles. The highest BCUT2D eigenvalue weighted by molar-refractivity contribution is 6.25. The lowest BCUT2D eigenvalue weighted by Crippen LogP contribution is -1.92. The van der Waals surface area contributed by atoms with Gasteiger partial charge in [-0.15, -0.1) is 0 Å². The molecule has 0 aliphatic heterocycles. The van der Waals surface area contributed by atoms with Gasteiger partial charge in [-0.25, -0.2) is 0 Å². The summed E-state index contributed by atoms with van der Waals surface area (Å²) in [5, 5.41) is 16.6. The van der Waals surface area contributed by atoms with Crippen molar-refractivity contribution < 1.29 is 8.83 Å². The number of hydrogen-bond donors (Lipinski definition) is 0. The van der Waals surface area contributed by atoms with Gasteiger partial charge in [-0.2, -0.15) is 0 Å². The van der Waals surface area contributed by atoms with Gasteiger partial charge in [0.25, 0.3) is 0 Å². The normalized spacial score (nSPS) is 11.9. The maximum Gasteiger partial charge on any atom is 0.143 e. The lowest BCUT2D eigenvalue weighted by Gasteiger charge is -2.19. The first-order valence-corrected chi connectivity index (χ1v) is 28.2.